The number of aliphatic hydroxyl groups is 1. The van der Waals surface area contributed by atoms with Gasteiger partial charge in [-0.05, 0) is 46.7 Å². The summed E-state index contributed by atoms with van der Waals surface area (Å²) in [6, 6.07) is 17.6. The molecule has 1 atom stereocenters. The Morgan fingerprint density at radius 1 is 1.10 bits per heavy atom. The first-order valence-corrected chi connectivity index (χ1v) is 9.17. The highest BCUT2D eigenvalue weighted by atomic mass is 16.7. The van der Waals surface area contributed by atoms with E-state index in [9.17, 15) is 15.2 Å². The topological polar surface area (TPSA) is 106 Å². The maximum atomic E-state index is 11.4. The van der Waals surface area contributed by atoms with Gasteiger partial charge in [-0.2, -0.15) is 5.26 Å². The highest BCUT2D eigenvalue weighted by Crippen LogP contribution is 2.31. The van der Waals surface area contributed by atoms with Gasteiger partial charge in [0.1, 0.15) is 0 Å². The Morgan fingerprint density at radius 3 is 2.59 bits per heavy atom. The van der Waals surface area contributed by atoms with Crippen molar-refractivity contribution >= 4 is 16.5 Å². The van der Waals surface area contributed by atoms with Crippen LogP contribution in [-0.4, -0.2) is 23.2 Å². The molecule has 1 N–H and O–H groups in total. The van der Waals surface area contributed by atoms with Crippen LogP contribution in [0.15, 0.2) is 54.6 Å². The number of ether oxygens (including phenoxy) is 2. The molecule has 0 spiro atoms. The monoisotopic (exact) mass is 390 g/mol. The summed E-state index contributed by atoms with van der Waals surface area (Å²) in [7, 11) is 0. The van der Waals surface area contributed by atoms with E-state index in [1.165, 1.54) is 6.07 Å². The predicted octanol–water partition coefficient (Wildman–Crippen LogP) is 3.94. The number of aliphatic hydroxyl groups excluding tert-OH is 1. The second kappa shape index (κ2) is 7.97. The lowest BCUT2D eigenvalue weighted by Gasteiger charge is -2.15. The fraction of sp³-hybridized carbons (Fsp3) is 0.227. The first-order valence-electron chi connectivity index (χ1n) is 9.17. The lowest BCUT2D eigenvalue weighted by molar-refractivity contribution is -0.385. The Balaban J connectivity index is 1.65. The molecule has 1 heterocycles. The van der Waals surface area contributed by atoms with E-state index in [2.05, 4.69) is 6.07 Å². The summed E-state index contributed by atoms with van der Waals surface area (Å²) in [5.41, 5.74) is 2.19. The average Bonchev–Trinajstić information content (AvgIpc) is 3.27. The van der Waals surface area contributed by atoms with Crippen LogP contribution in [0, 0.1) is 21.4 Å². The summed E-state index contributed by atoms with van der Waals surface area (Å²) >= 11 is 0. The molecule has 7 nitrogen and oxygen atoms in total. The molecule has 1 fully saturated rings. The van der Waals surface area contributed by atoms with Gasteiger partial charge in [-0.25, -0.2) is 0 Å². The number of nitriles is 1. The Hall–Kier alpha value is -3.31. The van der Waals surface area contributed by atoms with Crippen molar-refractivity contribution in [3.8, 4) is 6.07 Å². The van der Waals surface area contributed by atoms with Crippen molar-refractivity contribution in [1.29, 1.82) is 5.26 Å². The molecule has 1 aliphatic rings. The zero-order valence-corrected chi connectivity index (χ0v) is 15.4. The number of hydrogen-bond donors (Lipinski definition) is 1. The minimum absolute atomic E-state index is 0.0571. The molecule has 1 aliphatic heterocycles. The van der Waals surface area contributed by atoms with E-state index in [1.807, 2.05) is 12.1 Å². The number of benzene rings is 3. The third kappa shape index (κ3) is 3.96. The smallest absolute Gasteiger partial charge is 0.272 e. The third-order valence-corrected chi connectivity index (χ3v) is 4.99. The fourth-order valence-corrected chi connectivity index (χ4v) is 3.51. The molecule has 3 aromatic carbocycles. The zero-order valence-electron chi connectivity index (χ0n) is 15.4. The summed E-state index contributed by atoms with van der Waals surface area (Å²) < 4.78 is 10.9. The maximum absolute atomic E-state index is 11.4. The minimum atomic E-state index is -0.940. The van der Waals surface area contributed by atoms with Gasteiger partial charge in [-0.1, -0.05) is 18.2 Å². The van der Waals surface area contributed by atoms with Gasteiger partial charge in [0.25, 0.3) is 5.69 Å². The SMILES string of the molecule is N#Cc1ccc2ccc(C(O)Cc3cc(C4OCCO4)ccc3[N+](=O)[O-])cc2c1. The van der Waals surface area contributed by atoms with E-state index in [4.69, 9.17) is 14.7 Å². The minimum Gasteiger partial charge on any atom is -0.388 e. The van der Waals surface area contributed by atoms with Crippen LogP contribution >= 0.6 is 0 Å². The normalized spacial score (nSPS) is 15.3. The largest absolute Gasteiger partial charge is 0.388 e. The quantitative estimate of drug-likeness (QED) is 0.522. The molecule has 0 radical (unpaired) electrons. The van der Waals surface area contributed by atoms with E-state index in [1.54, 1.807) is 36.4 Å². The van der Waals surface area contributed by atoms with Crippen LogP contribution in [0.25, 0.3) is 10.8 Å². The number of fused-ring (bicyclic) bond motifs is 1. The molecule has 7 heteroatoms. The summed E-state index contributed by atoms with van der Waals surface area (Å²) in [6.45, 7) is 0.947. The number of nitrogens with zero attached hydrogens (tertiary/aromatic N) is 2. The molecular weight excluding hydrogens is 372 g/mol. The summed E-state index contributed by atoms with van der Waals surface area (Å²) in [5, 5.41) is 33.1. The molecular formula is C22H18N2O5. The van der Waals surface area contributed by atoms with Crippen LogP contribution in [0.4, 0.5) is 5.69 Å². The first-order chi connectivity index (χ1) is 14.0. The number of hydrogen-bond acceptors (Lipinski definition) is 6. The standard InChI is InChI=1S/C22H18N2O5/c23-13-14-1-2-15-3-4-16(10-18(15)9-14)21(25)12-19-11-17(22-28-7-8-29-22)5-6-20(19)24(26)27/h1-6,9-11,21-22,25H,7-8,12H2. The Labute approximate surface area is 166 Å². The second-order valence-corrected chi connectivity index (χ2v) is 6.87. The molecule has 4 rings (SSSR count). The first kappa shape index (κ1) is 19.0. The van der Waals surface area contributed by atoms with Crippen molar-refractivity contribution in [2.45, 2.75) is 18.8 Å². The van der Waals surface area contributed by atoms with Crippen LogP contribution in [-0.2, 0) is 15.9 Å². The van der Waals surface area contributed by atoms with Crippen LogP contribution in [0.5, 0.6) is 0 Å². The van der Waals surface area contributed by atoms with E-state index >= 15 is 0 Å². The zero-order chi connectivity index (χ0) is 20.4. The van der Waals surface area contributed by atoms with Crippen LogP contribution in [0.2, 0.25) is 0 Å². The predicted molar refractivity (Wildman–Crippen MR) is 105 cm³/mol. The molecule has 0 saturated carbocycles. The molecule has 0 bridgehead atoms. The van der Waals surface area contributed by atoms with Crippen LogP contribution in [0.3, 0.4) is 0 Å². The fourth-order valence-electron chi connectivity index (χ4n) is 3.51. The lowest BCUT2D eigenvalue weighted by Crippen LogP contribution is -2.07. The Bertz CT molecular complexity index is 1120. The summed E-state index contributed by atoms with van der Waals surface area (Å²) in [5.74, 6) is 0. The molecule has 1 unspecified atom stereocenters. The van der Waals surface area contributed by atoms with Gasteiger partial charge in [0.2, 0.25) is 0 Å². The number of nitro groups is 1. The molecule has 1 saturated heterocycles. The van der Waals surface area contributed by atoms with Crippen LogP contribution in [0.1, 0.15) is 34.6 Å². The maximum Gasteiger partial charge on any atom is 0.272 e. The van der Waals surface area contributed by atoms with Gasteiger partial charge < -0.3 is 14.6 Å². The van der Waals surface area contributed by atoms with Gasteiger partial charge in [0.05, 0.1) is 35.9 Å². The number of rotatable bonds is 5. The highest BCUT2D eigenvalue weighted by molar-refractivity contribution is 5.84. The van der Waals surface area contributed by atoms with Crippen molar-refractivity contribution < 1.29 is 19.5 Å². The lowest BCUT2D eigenvalue weighted by atomic mass is 9.96. The van der Waals surface area contributed by atoms with Gasteiger partial charge in [-0.15, -0.1) is 0 Å². The highest BCUT2D eigenvalue weighted by Gasteiger charge is 2.24. The van der Waals surface area contributed by atoms with Crippen LogP contribution < -0.4 is 0 Å². The van der Waals surface area contributed by atoms with Gasteiger partial charge in [0.15, 0.2) is 6.29 Å². The molecule has 0 aliphatic carbocycles. The molecule has 29 heavy (non-hydrogen) atoms. The van der Waals surface area contributed by atoms with E-state index in [-0.39, 0.29) is 12.1 Å². The Morgan fingerprint density at radius 2 is 1.86 bits per heavy atom. The molecule has 3 aromatic rings. The second-order valence-electron chi connectivity index (χ2n) is 6.87. The van der Waals surface area contributed by atoms with E-state index < -0.39 is 17.3 Å². The van der Waals surface area contributed by atoms with Crippen molar-refractivity contribution in [3.05, 3.63) is 87.0 Å². The molecule has 0 amide bonds. The summed E-state index contributed by atoms with van der Waals surface area (Å²) in [6.07, 6.45) is -1.42. The van der Waals surface area contributed by atoms with Crippen molar-refractivity contribution in [3.63, 3.8) is 0 Å². The van der Waals surface area contributed by atoms with Crippen molar-refractivity contribution in [1.82, 2.24) is 0 Å². The van der Waals surface area contributed by atoms with Crippen molar-refractivity contribution in [2.24, 2.45) is 0 Å². The average molecular weight is 390 g/mol. The van der Waals surface area contributed by atoms with E-state index in [0.29, 0.717) is 35.5 Å². The molecule has 0 aromatic heterocycles. The molecule has 146 valence electrons. The van der Waals surface area contributed by atoms with E-state index in [0.717, 1.165) is 10.8 Å². The summed E-state index contributed by atoms with van der Waals surface area (Å²) in [4.78, 5) is 11.0. The van der Waals surface area contributed by atoms with Gasteiger partial charge in [0, 0.05) is 23.6 Å². The van der Waals surface area contributed by atoms with Gasteiger partial charge in [-0.3, -0.25) is 10.1 Å². The Kier molecular flexibility index (Phi) is 5.23. The number of nitro benzene ring substituents is 1. The third-order valence-electron chi connectivity index (χ3n) is 4.99. The van der Waals surface area contributed by atoms with Crippen molar-refractivity contribution in [2.75, 3.05) is 13.2 Å². The van der Waals surface area contributed by atoms with Gasteiger partial charge >= 0.3 is 0 Å².